The van der Waals surface area contributed by atoms with Gasteiger partial charge in [-0.15, -0.1) is 0 Å². The number of alkyl halides is 3. The number of hydrogen-bond acceptors (Lipinski definition) is 10. The van der Waals surface area contributed by atoms with Gasteiger partial charge in [-0.3, -0.25) is 14.4 Å². The number of halogens is 3. The number of methoxy groups -OCH3 is 3. The second-order valence-electron chi connectivity index (χ2n) is 13.5. The molecule has 2 aromatic heterocycles. The minimum absolute atomic E-state index is 0.00756. The zero-order valence-electron chi connectivity index (χ0n) is 30.6. The highest BCUT2D eigenvalue weighted by Gasteiger charge is 2.36. The first-order chi connectivity index (χ1) is 25.9. The number of carbonyl (C=O) groups is 3. The summed E-state index contributed by atoms with van der Waals surface area (Å²) >= 11 is 0. The van der Waals surface area contributed by atoms with E-state index < -0.39 is 41.6 Å². The molecule has 288 valence electrons. The number of rotatable bonds is 5. The quantitative estimate of drug-likeness (QED) is 0.279. The normalized spacial score (nSPS) is 17.5. The third-order valence-electron chi connectivity index (χ3n) is 9.77. The molecule has 2 aromatic carbocycles. The van der Waals surface area contributed by atoms with Gasteiger partial charge in [0.05, 0.1) is 44.5 Å². The maximum absolute atomic E-state index is 14.1. The van der Waals surface area contributed by atoms with Crippen molar-refractivity contribution < 1.29 is 46.3 Å². The van der Waals surface area contributed by atoms with Gasteiger partial charge in [0.1, 0.15) is 11.6 Å². The molecule has 2 aliphatic heterocycles. The number of benzene rings is 2. The zero-order valence-corrected chi connectivity index (χ0v) is 30.6. The molecule has 0 radical (unpaired) electrons. The molecule has 0 spiro atoms. The van der Waals surface area contributed by atoms with Gasteiger partial charge in [0.15, 0.2) is 17.2 Å². The van der Waals surface area contributed by atoms with Gasteiger partial charge in [-0.05, 0) is 56.7 Å². The Bertz CT molecular complexity index is 2020. The number of nitrogens with one attached hydrogen (secondary N) is 1. The zero-order chi connectivity index (χ0) is 38.6. The predicted octanol–water partition coefficient (Wildman–Crippen LogP) is 5.49. The molecule has 4 heterocycles. The molecule has 2 aliphatic rings. The van der Waals surface area contributed by atoms with Crippen molar-refractivity contribution in [3.63, 3.8) is 0 Å². The molecule has 0 saturated carbocycles. The van der Waals surface area contributed by atoms with Crippen molar-refractivity contribution in [1.82, 2.24) is 25.3 Å². The van der Waals surface area contributed by atoms with Crippen molar-refractivity contribution >= 4 is 34.4 Å². The molecule has 54 heavy (non-hydrogen) atoms. The summed E-state index contributed by atoms with van der Waals surface area (Å²) in [5.74, 6) is 0.568. The molecule has 1 unspecified atom stereocenters. The topological polar surface area (TPSA) is 140 Å². The fourth-order valence-corrected chi connectivity index (χ4v) is 7.16. The molecule has 0 aliphatic carbocycles. The maximum atomic E-state index is 14.1. The molecule has 16 heteroatoms. The number of nitrogens with zero attached hydrogens (tertiary/aromatic N) is 5. The fraction of sp³-hybridized carbons (Fsp3) is 0.447. The lowest BCUT2D eigenvalue weighted by molar-refractivity contribution is -0.138. The van der Waals surface area contributed by atoms with Crippen LogP contribution in [-0.2, 0) is 17.5 Å². The van der Waals surface area contributed by atoms with Crippen LogP contribution in [-0.4, -0.2) is 98.3 Å². The Morgan fingerprint density at radius 2 is 1.63 bits per heavy atom. The van der Waals surface area contributed by atoms with Crippen LogP contribution in [0.2, 0.25) is 0 Å². The van der Waals surface area contributed by atoms with Crippen LogP contribution in [0.25, 0.3) is 10.9 Å². The van der Waals surface area contributed by atoms with Crippen LogP contribution in [0, 0.1) is 12.8 Å². The molecule has 1 saturated heterocycles. The van der Waals surface area contributed by atoms with E-state index in [2.05, 4.69) is 15.4 Å². The van der Waals surface area contributed by atoms with Gasteiger partial charge < -0.3 is 38.8 Å². The minimum atomic E-state index is -4.77. The predicted molar refractivity (Wildman–Crippen MR) is 192 cm³/mol. The molecular weight excluding hydrogens is 709 g/mol. The molecule has 3 amide bonds. The second kappa shape index (κ2) is 16.2. The summed E-state index contributed by atoms with van der Waals surface area (Å²) in [5, 5.41) is 7.53. The highest BCUT2D eigenvalue weighted by atomic mass is 19.4. The number of aryl methyl sites for hydroxylation is 1. The summed E-state index contributed by atoms with van der Waals surface area (Å²) in [6.07, 6.45) is -2.56. The number of ether oxygens (including phenoxy) is 3. The molecule has 1 atom stereocenters. The van der Waals surface area contributed by atoms with Crippen LogP contribution < -0.4 is 24.4 Å². The van der Waals surface area contributed by atoms with Gasteiger partial charge in [-0.2, -0.15) is 13.2 Å². The summed E-state index contributed by atoms with van der Waals surface area (Å²) in [6, 6.07) is 9.81. The van der Waals surface area contributed by atoms with E-state index in [0.29, 0.717) is 59.2 Å². The number of fused-ring (bicyclic) bond motifs is 5. The number of piperidine rings is 1. The van der Waals surface area contributed by atoms with Crippen LogP contribution >= 0.6 is 0 Å². The standard InChI is InChI=1S/C38H43F3N6O7/c1-23-16-30(44-54-23)37(50)46-13-7-8-14-47(36(49)26-11-5-6-12-28(26)38(39,40)41)22-32(48)42-19-24-10-9-15-45(20-24)35-25(21-46)17-27-29(43-35)18-31(51-2)34(53-4)33(27)52-3/h5-6,11-12,16-18,24H,7-10,13-15,19-22H2,1-4H3,(H,42,48). The van der Waals surface area contributed by atoms with Crippen molar-refractivity contribution in [2.45, 2.75) is 45.3 Å². The van der Waals surface area contributed by atoms with E-state index in [-0.39, 0.29) is 44.2 Å². The molecular formula is C38H43F3N6O7. The van der Waals surface area contributed by atoms with Crippen molar-refractivity contribution in [2.75, 3.05) is 65.5 Å². The van der Waals surface area contributed by atoms with E-state index in [0.717, 1.165) is 35.4 Å². The van der Waals surface area contributed by atoms with E-state index in [4.69, 9.17) is 23.7 Å². The lowest BCUT2D eigenvalue weighted by Gasteiger charge is -2.36. The third-order valence-corrected chi connectivity index (χ3v) is 9.77. The SMILES string of the molecule is COc1cc2nc3c(cc2c(OC)c1OC)CN(C(=O)c1cc(C)on1)CCCCN(C(=O)c1ccccc1C(F)(F)F)CC(=O)NCC1CCCN3C1. The monoisotopic (exact) mass is 752 g/mol. The molecule has 13 nitrogen and oxygen atoms in total. The van der Waals surface area contributed by atoms with Gasteiger partial charge in [-0.1, -0.05) is 17.3 Å². The Morgan fingerprint density at radius 1 is 0.907 bits per heavy atom. The second-order valence-corrected chi connectivity index (χ2v) is 13.5. The van der Waals surface area contributed by atoms with Crippen LogP contribution in [0.15, 0.2) is 47.0 Å². The van der Waals surface area contributed by atoms with Crippen LogP contribution in [0.1, 0.15) is 63.4 Å². The Hall–Kier alpha value is -5.54. The fourth-order valence-electron chi connectivity index (χ4n) is 7.16. The van der Waals surface area contributed by atoms with E-state index in [1.54, 1.807) is 24.0 Å². The van der Waals surface area contributed by atoms with Crippen LogP contribution in [0.4, 0.5) is 19.0 Å². The first kappa shape index (κ1) is 38.2. The lowest BCUT2D eigenvalue weighted by Crippen LogP contribution is -2.46. The van der Waals surface area contributed by atoms with E-state index in [1.165, 1.54) is 33.5 Å². The summed E-state index contributed by atoms with van der Waals surface area (Å²) in [5.41, 5.74) is -0.184. The van der Waals surface area contributed by atoms with Crippen LogP contribution in [0.5, 0.6) is 17.2 Å². The van der Waals surface area contributed by atoms with Crippen molar-refractivity contribution in [3.8, 4) is 17.2 Å². The summed E-state index contributed by atoms with van der Waals surface area (Å²) in [7, 11) is 4.57. The Kier molecular flexibility index (Phi) is 11.5. The van der Waals surface area contributed by atoms with Gasteiger partial charge in [0.25, 0.3) is 11.8 Å². The first-order valence-corrected chi connectivity index (χ1v) is 17.7. The molecule has 2 bridgehead atoms. The lowest BCUT2D eigenvalue weighted by atomic mass is 9.97. The number of aromatic nitrogens is 2. The van der Waals surface area contributed by atoms with Crippen molar-refractivity contribution in [3.05, 3.63) is 70.6 Å². The van der Waals surface area contributed by atoms with Gasteiger partial charge in [0, 0.05) is 62.4 Å². The Labute approximate surface area is 310 Å². The third kappa shape index (κ3) is 8.16. The Balaban J connectivity index is 1.40. The molecule has 1 N–H and O–H groups in total. The first-order valence-electron chi connectivity index (χ1n) is 17.7. The minimum Gasteiger partial charge on any atom is -0.493 e. The molecule has 6 rings (SSSR count). The largest absolute Gasteiger partial charge is 0.493 e. The van der Waals surface area contributed by atoms with Gasteiger partial charge in [0.2, 0.25) is 11.7 Å². The highest BCUT2D eigenvalue weighted by molar-refractivity contribution is 5.98. The summed E-state index contributed by atoms with van der Waals surface area (Å²) in [4.78, 5) is 51.1. The van der Waals surface area contributed by atoms with E-state index >= 15 is 0 Å². The summed E-state index contributed by atoms with van der Waals surface area (Å²) in [6.45, 7) is 3.00. The smallest absolute Gasteiger partial charge is 0.417 e. The highest BCUT2D eigenvalue weighted by Crippen LogP contribution is 2.44. The average molecular weight is 753 g/mol. The number of anilines is 1. The number of pyridine rings is 1. The average Bonchev–Trinajstić information content (AvgIpc) is 3.61. The maximum Gasteiger partial charge on any atom is 0.417 e. The van der Waals surface area contributed by atoms with Crippen LogP contribution in [0.3, 0.4) is 0 Å². The Morgan fingerprint density at radius 3 is 2.30 bits per heavy atom. The molecule has 4 aromatic rings. The molecule has 1 fully saturated rings. The van der Waals surface area contributed by atoms with Crippen molar-refractivity contribution in [1.29, 1.82) is 0 Å². The number of amides is 3. The van der Waals surface area contributed by atoms with E-state index in [1.807, 2.05) is 6.07 Å². The van der Waals surface area contributed by atoms with Gasteiger partial charge >= 0.3 is 6.18 Å². The van der Waals surface area contributed by atoms with Gasteiger partial charge in [-0.25, -0.2) is 4.98 Å². The summed E-state index contributed by atoms with van der Waals surface area (Å²) < 4.78 is 64.1. The van der Waals surface area contributed by atoms with Crippen molar-refractivity contribution in [2.24, 2.45) is 5.92 Å². The number of carbonyl (C=O) groups excluding carboxylic acids is 3. The number of hydrogen-bond donors (Lipinski definition) is 1. The van der Waals surface area contributed by atoms with E-state index in [9.17, 15) is 27.6 Å².